The standard InChI is InChI=1S/C17H21N3O/c1-2-18-14-8-11-20(12-9-14)17(21)16-15-6-4-3-5-13(15)7-10-19-16/h3-7,10,14,18H,2,8-9,11-12H2,1H3. The van der Waals surface area contributed by atoms with Gasteiger partial charge in [-0.3, -0.25) is 9.78 Å². The van der Waals surface area contributed by atoms with Crippen LogP contribution in [0, 0.1) is 0 Å². The number of likely N-dealkylation sites (tertiary alicyclic amines) is 1. The lowest BCUT2D eigenvalue weighted by Crippen LogP contribution is -2.45. The first-order valence-electron chi connectivity index (χ1n) is 7.66. The van der Waals surface area contributed by atoms with Gasteiger partial charge in [0.2, 0.25) is 0 Å². The number of piperidine rings is 1. The normalized spacial score (nSPS) is 16.3. The summed E-state index contributed by atoms with van der Waals surface area (Å²) in [5.74, 6) is 0.0572. The number of rotatable bonds is 3. The Morgan fingerprint density at radius 2 is 2.05 bits per heavy atom. The molecule has 0 unspecified atom stereocenters. The van der Waals surface area contributed by atoms with E-state index in [-0.39, 0.29) is 5.91 Å². The van der Waals surface area contributed by atoms with Crippen LogP contribution in [0.1, 0.15) is 30.3 Å². The zero-order chi connectivity index (χ0) is 14.7. The molecule has 3 rings (SSSR count). The van der Waals surface area contributed by atoms with Gasteiger partial charge in [-0.05, 0) is 30.8 Å². The van der Waals surface area contributed by atoms with Crippen LogP contribution in [0.4, 0.5) is 0 Å². The molecule has 0 atom stereocenters. The third-order valence-electron chi connectivity index (χ3n) is 4.15. The van der Waals surface area contributed by atoms with E-state index in [0.717, 1.165) is 43.2 Å². The molecule has 4 heteroatoms. The first kappa shape index (κ1) is 14.0. The monoisotopic (exact) mass is 283 g/mol. The predicted octanol–water partition coefficient (Wildman–Crippen LogP) is 2.45. The van der Waals surface area contributed by atoms with Crippen molar-refractivity contribution < 1.29 is 4.79 Å². The summed E-state index contributed by atoms with van der Waals surface area (Å²) in [4.78, 5) is 19.0. The molecule has 1 fully saturated rings. The van der Waals surface area contributed by atoms with Crippen molar-refractivity contribution in [3.8, 4) is 0 Å². The maximum Gasteiger partial charge on any atom is 0.273 e. The maximum absolute atomic E-state index is 12.7. The number of nitrogens with zero attached hydrogens (tertiary/aromatic N) is 2. The van der Waals surface area contributed by atoms with E-state index >= 15 is 0 Å². The first-order valence-corrected chi connectivity index (χ1v) is 7.66. The van der Waals surface area contributed by atoms with Crippen LogP contribution in [0.3, 0.4) is 0 Å². The highest BCUT2D eigenvalue weighted by Crippen LogP contribution is 2.20. The Kier molecular flexibility index (Phi) is 4.15. The summed E-state index contributed by atoms with van der Waals surface area (Å²) in [7, 11) is 0. The average molecular weight is 283 g/mol. The van der Waals surface area contributed by atoms with Crippen molar-refractivity contribution in [3.05, 3.63) is 42.2 Å². The second kappa shape index (κ2) is 6.22. The third kappa shape index (κ3) is 2.90. The van der Waals surface area contributed by atoms with Crippen LogP contribution < -0.4 is 5.32 Å². The Morgan fingerprint density at radius 3 is 2.81 bits per heavy atom. The fraction of sp³-hybridized carbons (Fsp3) is 0.412. The molecule has 110 valence electrons. The number of hydrogen-bond acceptors (Lipinski definition) is 3. The van der Waals surface area contributed by atoms with Gasteiger partial charge < -0.3 is 10.2 Å². The largest absolute Gasteiger partial charge is 0.337 e. The molecule has 1 aliphatic heterocycles. The van der Waals surface area contributed by atoms with Gasteiger partial charge in [0.1, 0.15) is 5.69 Å². The zero-order valence-corrected chi connectivity index (χ0v) is 12.4. The molecule has 0 radical (unpaired) electrons. The Morgan fingerprint density at radius 1 is 1.29 bits per heavy atom. The van der Waals surface area contributed by atoms with E-state index < -0.39 is 0 Å². The van der Waals surface area contributed by atoms with Crippen molar-refractivity contribution in [2.45, 2.75) is 25.8 Å². The molecule has 0 saturated carbocycles. The lowest BCUT2D eigenvalue weighted by molar-refractivity contribution is 0.0702. The highest BCUT2D eigenvalue weighted by atomic mass is 16.2. The third-order valence-corrected chi connectivity index (χ3v) is 4.15. The molecule has 1 amide bonds. The molecule has 21 heavy (non-hydrogen) atoms. The fourth-order valence-corrected chi connectivity index (χ4v) is 3.02. The lowest BCUT2D eigenvalue weighted by atomic mass is 10.0. The number of fused-ring (bicyclic) bond motifs is 1. The second-order valence-corrected chi connectivity index (χ2v) is 5.50. The summed E-state index contributed by atoms with van der Waals surface area (Å²) < 4.78 is 0. The number of aromatic nitrogens is 1. The lowest BCUT2D eigenvalue weighted by Gasteiger charge is -2.32. The molecule has 1 aromatic heterocycles. The Hall–Kier alpha value is -1.94. The molecule has 1 saturated heterocycles. The summed E-state index contributed by atoms with van der Waals surface area (Å²) in [5, 5.41) is 5.47. The summed E-state index contributed by atoms with van der Waals surface area (Å²) in [6, 6.07) is 10.4. The summed E-state index contributed by atoms with van der Waals surface area (Å²) in [6.07, 6.45) is 3.76. The van der Waals surface area contributed by atoms with Gasteiger partial charge in [-0.15, -0.1) is 0 Å². The number of carbonyl (C=O) groups is 1. The van der Waals surface area contributed by atoms with Crippen molar-refractivity contribution in [2.75, 3.05) is 19.6 Å². The van der Waals surface area contributed by atoms with Crippen LogP contribution in [0.15, 0.2) is 36.5 Å². The summed E-state index contributed by atoms with van der Waals surface area (Å²) >= 11 is 0. The van der Waals surface area contributed by atoms with E-state index in [1.165, 1.54) is 0 Å². The molecule has 1 aliphatic rings. The van der Waals surface area contributed by atoms with Gasteiger partial charge in [0.05, 0.1) is 0 Å². The molecule has 2 aromatic rings. The van der Waals surface area contributed by atoms with E-state index in [2.05, 4.69) is 17.2 Å². The highest BCUT2D eigenvalue weighted by molar-refractivity contribution is 6.05. The van der Waals surface area contributed by atoms with Gasteiger partial charge in [0.15, 0.2) is 0 Å². The summed E-state index contributed by atoms with van der Waals surface area (Å²) in [5.41, 5.74) is 0.579. The number of hydrogen-bond donors (Lipinski definition) is 1. The van der Waals surface area contributed by atoms with Crippen LogP contribution in [0.25, 0.3) is 10.8 Å². The molecule has 0 bridgehead atoms. The molecule has 0 spiro atoms. The molecule has 0 aliphatic carbocycles. The van der Waals surface area contributed by atoms with E-state index in [1.54, 1.807) is 6.20 Å². The average Bonchev–Trinajstić information content (AvgIpc) is 2.55. The Balaban J connectivity index is 1.79. The predicted molar refractivity (Wildman–Crippen MR) is 84.3 cm³/mol. The minimum atomic E-state index is 0.0572. The van der Waals surface area contributed by atoms with Crippen molar-refractivity contribution in [1.82, 2.24) is 15.2 Å². The van der Waals surface area contributed by atoms with Crippen molar-refractivity contribution in [1.29, 1.82) is 0 Å². The highest BCUT2D eigenvalue weighted by Gasteiger charge is 2.24. The maximum atomic E-state index is 12.7. The molecule has 2 heterocycles. The van der Waals surface area contributed by atoms with Crippen LogP contribution >= 0.6 is 0 Å². The topological polar surface area (TPSA) is 45.2 Å². The summed E-state index contributed by atoms with van der Waals surface area (Å²) in [6.45, 7) is 4.73. The van der Waals surface area contributed by atoms with Crippen molar-refractivity contribution in [3.63, 3.8) is 0 Å². The van der Waals surface area contributed by atoms with Crippen LogP contribution in [0.2, 0.25) is 0 Å². The number of amides is 1. The SMILES string of the molecule is CCNC1CCN(C(=O)c2nccc3ccccc23)CC1. The quantitative estimate of drug-likeness (QED) is 0.941. The number of benzene rings is 1. The van der Waals surface area contributed by atoms with Crippen LogP contribution in [0.5, 0.6) is 0 Å². The Bertz CT molecular complexity index is 627. The fourth-order valence-electron chi connectivity index (χ4n) is 3.02. The molecule has 4 nitrogen and oxygen atoms in total. The van der Waals surface area contributed by atoms with Gasteiger partial charge in [-0.1, -0.05) is 31.2 Å². The van der Waals surface area contributed by atoms with Gasteiger partial charge in [-0.25, -0.2) is 0 Å². The number of nitrogens with one attached hydrogen (secondary N) is 1. The molecular weight excluding hydrogens is 262 g/mol. The van der Waals surface area contributed by atoms with Gasteiger partial charge in [0, 0.05) is 30.7 Å². The van der Waals surface area contributed by atoms with E-state index in [9.17, 15) is 4.79 Å². The van der Waals surface area contributed by atoms with Crippen LogP contribution in [-0.2, 0) is 0 Å². The van der Waals surface area contributed by atoms with Crippen molar-refractivity contribution in [2.24, 2.45) is 0 Å². The molecule has 1 aromatic carbocycles. The zero-order valence-electron chi connectivity index (χ0n) is 12.4. The van der Waals surface area contributed by atoms with Crippen LogP contribution in [-0.4, -0.2) is 41.5 Å². The van der Waals surface area contributed by atoms with E-state index in [0.29, 0.717) is 11.7 Å². The van der Waals surface area contributed by atoms with Gasteiger partial charge in [0.25, 0.3) is 5.91 Å². The first-order chi connectivity index (χ1) is 10.3. The molecular formula is C17H21N3O. The minimum absolute atomic E-state index is 0.0572. The Labute approximate surface area is 125 Å². The smallest absolute Gasteiger partial charge is 0.273 e. The van der Waals surface area contributed by atoms with E-state index in [1.807, 2.05) is 35.2 Å². The minimum Gasteiger partial charge on any atom is -0.337 e. The van der Waals surface area contributed by atoms with Crippen molar-refractivity contribution >= 4 is 16.7 Å². The second-order valence-electron chi connectivity index (χ2n) is 5.50. The van der Waals surface area contributed by atoms with E-state index in [4.69, 9.17) is 0 Å². The van der Waals surface area contributed by atoms with Gasteiger partial charge >= 0.3 is 0 Å². The van der Waals surface area contributed by atoms with Gasteiger partial charge in [-0.2, -0.15) is 0 Å². The number of pyridine rings is 1. The number of carbonyl (C=O) groups excluding carboxylic acids is 1. The molecule has 1 N–H and O–H groups in total.